The molecule has 0 amide bonds. The molecule has 0 spiro atoms. The zero-order chi connectivity index (χ0) is 12.3. The lowest BCUT2D eigenvalue weighted by Crippen LogP contribution is -3.00. The Kier molecular flexibility index (Phi) is 5.63. The summed E-state index contributed by atoms with van der Waals surface area (Å²) in [5.74, 6) is 0.953. The van der Waals surface area contributed by atoms with Gasteiger partial charge in [0.25, 0.3) is 0 Å². The summed E-state index contributed by atoms with van der Waals surface area (Å²) in [5.41, 5.74) is 0. The molecule has 0 bridgehead atoms. The molecule has 0 atom stereocenters. The fourth-order valence-electron chi connectivity index (χ4n) is 1.59. The molecule has 0 aliphatic rings. The lowest BCUT2D eigenvalue weighted by atomic mass is 10.2. The van der Waals surface area contributed by atoms with Crippen LogP contribution in [0.4, 0.5) is 0 Å². The van der Waals surface area contributed by atoms with Gasteiger partial charge >= 0.3 is 0 Å². The number of hydrogen-bond acceptors (Lipinski definition) is 2. The molecule has 0 radical (unpaired) electrons. The van der Waals surface area contributed by atoms with E-state index in [0.717, 1.165) is 5.88 Å². The van der Waals surface area contributed by atoms with Crippen molar-refractivity contribution >= 4 is 30.6 Å². The summed E-state index contributed by atoms with van der Waals surface area (Å²) < 4.78 is 2.03. The minimum Gasteiger partial charge on any atom is -1.00 e. The van der Waals surface area contributed by atoms with Crippen molar-refractivity contribution in [1.82, 2.24) is 5.10 Å². The highest BCUT2D eigenvalue weighted by molar-refractivity contribution is 7.99. The van der Waals surface area contributed by atoms with Crippen molar-refractivity contribution in [1.29, 1.82) is 0 Å². The number of fused-ring (bicyclic) bond motifs is 1. The topological polar surface area (TPSA) is 16.8 Å². The SMILES string of the molecule is C[Si](C)(C)CSC[n+]1cc2ccccc2cn1.[Cl-]. The quantitative estimate of drug-likeness (QED) is 0.588. The van der Waals surface area contributed by atoms with Crippen molar-refractivity contribution in [2.45, 2.75) is 25.5 Å². The molecule has 0 aliphatic carbocycles. The largest absolute Gasteiger partial charge is 1.00 e. The number of halogens is 1. The minimum absolute atomic E-state index is 0. The highest BCUT2D eigenvalue weighted by atomic mass is 35.5. The van der Waals surface area contributed by atoms with Gasteiger partial charge in [0.05, 0.1) is 8.07 Å². The molecule has 0 fully saturated rings. The summed E-state index contributed by atoms with van der Waals surface area (Å²) >= 11 is 1.98. The van der Waals surface area contributed by atoms with Crippen molar-refractivity contribution in [2.75, 3.05) is 5.38 Å². The summed E-state index contributed by atoms with van der Waals surface area (Å²) in [6, 6.07) is 8.36. The predicted molar refractivity (Wildman–Crippen MR) is 77.7 cm³/mol. The molecule has 0 saturated heterocycles. The fraction of sp³-hybridized carbons (Fsp3) is 0.385. The Morgan fingerprint density at radius 2 is 1.83 bits per heavy atom. The molecule has 18 heavy (non-hydrogen) atoms. The number of rotatable bonds is 4. The molecule has 0 unspecified atom stereocenters. The van der Waals surface area contributed by atoms with Gasteiger partial charge in [0.15, 0.2) is 0 Å². The fourth-order valence-corrected chi connectivity index (χ4v) is 4.74. The molecule has 0 saturated carbocycles. The molecule has 98 valence electrons. The Balaban J connectivity index is 0.00000162. The molecular formula is C13H19ClN2SSi. The summed E-state index contributed by atoms with van der Waals surface area (Å²) in [6.45, 7) is 7.20. The summed E-state index contributed by atoms with van der Waals surface area (Å²) in [4.78, 5) is 0. The number of hydrogen-bond donors (Lipinski definition) is 0. The van der Waals surface area contributed by atoms with Crippen LogP contribution in [-0.4, -0.2) is 18.5 Å². The van der Waals surface area contributed by atoms with E-state index >= 15 is 0 Å². The summed E-state index contributed by atoms with van der Waals surface area (Å²) in [7, 11) is -0.943. The van der Waals surface area contributed by atoms with Gasteiger partial charge in [0, 0.05) is 10.8 Å². The van der Waals surface area contributed by atoms with Crippen LogP contribution in [0.3, 0.4) is 0 Å². The van der Waals surface area contributed by atoms with Gasteiger partial charge in [-0.3, -0.25) is 0 Å². The third kappa shape index (κ3) is 4.59. The molecule has 1 aromatic carbocycles. The second-order valence-corrected chi connectivity index (χ2v) is 12.4. The first-order valence-corrected chi connectivity index (χ1v) is 10.7. The van der Waals surface area contributed by atoms with Crippen LogP contribution >= 0.6 is 11.8 Å². The lowest BCUT2D eigenvalue weighted by molar-refractivity contribution is -0.733. The molecular weight excluding hydrogens is 280 g/mol. The normalized spacial score (nSPS) is 11.3. The summed E-state index contributed by atoms with van der Waals surface area (Å²) in [6.07, 6.45) is 4.08. The van der Waals surface area contributed by atoms with E-state index in [9.17, 15) is 0 Å². The van der Waals surface area contributed by atoms with Gasteiger partial charge in [0.1, 0.15) is 6.20 Å². The van der Waals surface area contributed by atoms with Crippen molar-refractivity contribution < 1.29 is 17.1 Å². The lowest BCUT2D eigenvalue weighted by Gasteiger charge is -2.12. The highest BCUT2D eigenvalue weighted by Crippen LogP contribution is 2.12. The van der Waals surface area contributed by atoms with Gasteiger partial charge in [-0.25, -0.2) is 0 Å². The van der Waals surface area contributed by atoms with Gasteiger partial charge in [-0.1, -0.05) is 54.3 Å². The third-order valence-corrected chi connectivity index (χ3v) is 7.12. The number of nitrogens with zero attached hydrogens (tertiary/aromatic N) is 2. The van der Waals surface area contributed by atoms with Gasteiger partial charge in [-0.05, 0) is 16.5 Å². The second-order valence-electron chi connectivity index (χ2n) is 5.48. The van der Waals surface area contributed by atoms with E-state index in [0.29, 0.717) is 0 Å². The van der Waals surface area contributed by atoms with Gasteiger partial charge < -0.3 is 12.4 Å². The van der Waals surface area contributed by atoms with Gasteiger partial charge in [-0.2, -0.15) is 0 Å². The molecule has 2 aromatic rings. The second kappa shape index (κ2) is 6.54. The molecule has 2 rings (SSSR count). The number of aromatic nitrogens is 2. The van der Waals surface area contributed by atoms with E-state index in [-0.39, 0.29) is 12.4 Å². The van der Waals surface area contributed by atoms with E-state index < -0.39 is 8.07 Å². The maximum Gasteiger partial charge on any atom is 0.220 e. The first kappa shape index (κ1) is 15.5. The zero-order valence-corrected chi connectivity index (χ0v) is 13.6. The first-order chi connectivity index (χ1) is 8.04. The van der Waals surface area contributed by atoms with Gasteiger partial charge in [-0.15, -0.1) is 0 Å². The van der Waals surface area contributed by atoms with E-state index in [2.05, 4.69) is 49.1 Å². The molecule has 5 heteroatoms. The van der Waals surface area contributed by atoms with E-state index in [4.69, 9.17) is 0 Å². The Hall–Kier alpha value is -0.583. The predicted octanol–water partition coefficient (Wildman–Crippen LogP) is 0.0944. The average Bonchev–Trinajstić information content (AvgIpc) is 2.27. The minimum atomic E-state index is -0.943. The summed E-state index contributed by atoms with van der Waals surface area (Å²) in [5, 5.41) is 8.19. The van der Waals surface area contributed by atoms with Crippen LogP contribution in [0, 0.1) is 0 Å². The first-order valence-electron chi connectivity index (χ1n) is 5.87. The molecule has 0 aliphatic heterocycles. The average molecular weight is 299 g/mol. The van der Waals surface area contributed by atoms with Crippen LogP contribution in [-0.2, 0) is 5.88 Å². The van der Waals surface area contributed by atoms with E-state index in [1.54, 1.807) is 0 Å². The Labute approximate surface area is 120 Å². The zero-order valence-electron chi connectivity index (χ0n) is 11.1. The smallest absolute Gasteiger partial charge is 0.220 e. The molecule has 0 N–H and O–H groups in total. The number of thioether (sulfide) groups is 1. The third-order valence-electron chi connectivity index (χ3n) is 2.39. The Bertz CT molecular complexity index is 514. The van der Waals surface area contributed by atoms with Crippen molar-refractivity contribution in [2.24, 2.45) is 0 Å². The maximum atomic E-state index is 4.44. The Morgan fingerprint density at radius 3 is 2.50 bits per heavy atom. The van der Waals surface area contributed by atoms with Crippen molar-refractivity contribution in [3.63, 3.8) is 0 Å². The van der Waals surface area contributed by atoms with Crippen LogP contribution in [0.25, 0.3) is 10.8 Å². The molecule has 1 aromatic heterocycles. The molecule has 2 nitrogen and oxygen atoms in total. The van der Waals surface area contributed by atoms with Crippen LogP contribution in [0.1, 0.15) is 0 Å². The van der Waals surface area contributed by atoms with Crippen LogP contribution < -0.4 is 17.1 Å². The van der Waals surface area contributed by atoms with Crippen molar-refractivity contribution in [3.8, 4) is 0 Å². The van der Waals surface area contributed by atoms with Crippen molar-refractivity contribution in [3.05, 3.63) is 36.7 Å². The maximum absolute atomic E-state index is 4.44. The van der Waals surface area contributed by atoms with Crippen LogP contribution in [0.15, 0.2) is 36.7 Å². The van der Waals surface area contributed by atoms with Crippen LogP contribution in [0.2, 0.25) is 19.6 Å². The Morgan fingerprint density at radius 1 is 1.17 bits per heavy atom. The van der Waals surface area contributed by atoms with E-state index in [1.807, 2.05) is 28.7 Å². The number of benzene rings is 1. The molecule has 1 heterocycles. The van der Waals surface area contributed by atoms with E-state index in [1.165, 1.54) is 16.1 Å². The monoisotopic (exact) mass is 298 g/mol. The van der Waals surface area contributed by atoms with Gasteiger partial charge in [0.2, 0.25) is 12.1 Å². The standard InChI is InChI=1S/C13H19N2SSi.ClH/c1-17(2,3)11-16-10-15-9-13-7-5-4-6-12(13)8-14-15;/h4-9H,10-11H2,1-3H3;1H/q+1;/p-1. The van der Waals surface area contributed by atoms with Crippen LogP contribution in [0.5, 0.6) is 0 Å². The highest BCUT2D eigenvalue weighted by Gasteiger charge is 2.14.